The van der Waals surface area contributed by atoms with Crippen LogP contribution >= 0.6 is 97.1 Å². The number of hydrogen-bond acceptors (Lipinski definition) is 11. The normalized spacial score (nSPS) is 12.5. The van der Waals surface area contributed by atoms with Crippen molar-refractivity contribution in [1.29, 1.82) is 0 Å². The Kier molecular flexibility index (Phi) is 26.3. The van der Waals surface area contributed by atoms with Crippen molar-refractivity contribution in [3.05, 3.63) is 360 Å². The molecule has 0 amide bonds. The summed E-state index contributed by atoms with van der Waals surface area (Å²) in [4.78, 5) is 39.1. The van der Waals surface area contributed by atoms with E-state index in [1.165, 1.54) is 27.1 Å². The van der Waals surface area contributed by atoms with Crippen LogP contribution in [0.1, 0.15) is 48.4 Å². The van der Waals surface area contributed by atoms with Crippen molar-refractivity contribution in [2.24, 2.45) is 0 Å². The number of pyridine rings is 2. The smallest absolute Gasteiger partial charge is 0.423 e. The molecular formula is C95H72B2BrCl7N8O6. The van der Waals surface area contributed by atoms with Crippen molar-refractivity contribution in [1.82, 2.24) is 28.7 Å². The van der Waals surface area contributed by atoms with Gasteiger partial charge in [-0.1, -0.05) is 273 Å². The van der Waals surface area contributed by atoms with Crippen LogP contribution in [0.25, 0.3) is 121 Å². The summed E-state index contributed by atoms with van der Waals surface area (Å²) < 4.78 is 17.9. The highest BCUT2D eigenvalue weighted by Gasteiger charge is 2.52. The lowest BCUT2D eigenvalue weighted by atomic mass is 9.78. The summed E-state index contributed by atoms with van der Waals surface area (Å²) in [6, 6.07) is 99.0. The zero-order valence-electron chi connectivity index (χ0n) is 64.2. The fraction of sp³-hybridized carbons (Fsp3) is 0.0632. The first-order valence-electron chi connectivity index (χ1n) is 37.4. The van der Waals surface area contributed by atoms with E-state index in [4.69, 9.17) is 122 Å². The summed E-state index contributed by atoms with van der Waals surface area (Å²) >= 11 is 45.1. The molecule has 6 heterocycles. The van der Waals surface area contributed by atoms with Crippen molar-refractivity contribution >= 4 is 234 Å². The lowest BCUT2D eigenvalue weighted by molar-refractivity contribution is 0.00578. The van der Waals surface area contributed by atoms with Gasteiger partial charge in [-0.25, -0.2) is 15.0 Å². The van der Waals surface area contributed by atoms with Crippen molar-refractivity contribution in [3.63, 3.8) is 0 Å². The third-order valence-electron chi connectivity index (χ3n) is 20.4. The number of nitrogens with two attached hydrogens (primary N) is 2. The van der Waals surface area contributed by atoms with Crippen LogP contribution < -0.4 is 22.4 Å². The molecule has 0 spiro atoms. The molecule has 19 aromatic rings. The van der Waals surface area contributed by atoms with E-state index in [0.717, 1.165) is 122 Å². The number of benzene rings is 14. The van der Waals surface area contributed by atoms with Crippen LogP contribution in [-0.2, 0) is 9.31 Å². The number of anilines is 2. The van der Waals surface area contributed by atoms with Gasteiger partial charge < -0.3 is 35.8 Å². The first-order chi connectivity index (χ1) is 57.4. The minimum absolute atomic E-state index is 0.337. The van der Waals surface area contributed by atoms with Gasteiger partial charge in [-0.2, -0.15) is 0 Å². The van der Waals surface area contributed by atoms with Crippen LogP contribution in [0.15, 0.2) is 314 Å². The van der Waals surface area contributed by atoms with Crippen molar-refractivity contribution in [3.8, 4) is 33.6 Å². The SMILES string of the molecule is CC1(C)OB(c2ccc3c4ccccc4n4c5ccccc5nc4c3c2)OC1(C)C.Clc1ccc(-c2ccccc2Cl)c(-c2nc3ccccc3[nH]2)c1.Clc1ccc2c3ccccc3n3c4ccccc4nc3c2c1.Nc1ccccc1N.O=Cc1cc(Cl)ccc1-c1ccccc1Cl.O=Cc1cc(Cl)ccc1Br.OB(O)c1ccccc1Cl. The van der Waals surface area contributed by atoms with Crippen LogP contribution in [-0.4, -0.2) is 76.8 Å². The minimum Gasteiger partial charge on any atom is -0.423 e. The molecule has 14 aromatic carbocycles. The Morgan fingerprint density at radius 1 is 0.395 bits per heavy atom. The number of nitrogen functional groups attached to an aromatic ring is 2. The van der Waals surface area contributed by atoms with Gasteiger partial charge in [0.1, 0.15) is 17.1 Å². The van der Waals surface area contributed by atoms with Crippen LogP contribution in [0, 0.1) is 0 Å². The zero-order valence-corrected chi connectivity index (χ0v) is 71.1. The van der Waals surface area contributed by atoms with Gasteiger partial charge in [-0.05, 0) is 189 Å². The maximum absolute atomic E-state index is 11.0. The molecular weight excluding hydrogens is 1700 g/mol. The Bertz CT molecular complexity index is 6940. The third-order valence-corrected chi connectivity index (χ3v) is 23.0. The van der Waals surface area contributed by atoms with Gasteiger partial charge in [0.15, 0.2) is 12.6 Å². The number of aromatic amines is 1. The van der Waals surface area contributed by atoms with E-state index in [-0.39, 0.29) is 11.2 Å². The summed E-state index contributed by atoms with van der Waals surface area (Å²) in [5.41, 5.74) is 28.7. The molecule has 1 aliphatic heterocycles. The fourth-order valence-electron chi connectivity index (χ4n) is 13.8. The maximum Gasteiger partial charge on any atom is 0.494 e. The van der Waals surface area contributed by atoms with Gasteiger partial charge in [0.25, 0.3) is 0 Å². The number of aldehydes is 2. The Morgan fingerprint density at radius 3 is 1.33 bits per heavy atom. The molecule has 20 rings (SSSR count). The molecule has 1 fully saturated rings. The van der Waals surface area contributed by atoms with Crippen LogP contribution in [0.5, 0.6) is 0 Å². The maximum atomic E-state index is 11.0. The summed E-state index contributed by atoms with van der Waals surface area (Å²) in [6.07, 6.45) is 1.54. The molecule has 5 aromatic heterocycles. The second-order valence-corrected chi connectivity index (χ2v) is 32.4. The van der Waals surface area contributed by atoms with Gasteiger partial charge in [0.05, 0.1) is 66.7 Å². The number of nitrogens with one attached hydrogen (secondary N) is 1. The Hall–Kier alpha value is -11.1. The Labute approximate surface area is 729 Å². The predicted octanol–water partition coefficient (Wildman–Crippen LogP) is 25.0. The number of nitrogens with zero attached hydrogens (tertiary/aromatic N) is 5. The minimum atomic E-state index is -1.48. The van der Waals surface area contributed by atoms with Crippen molar-refractivity contribution in [2.45, 2.75) is 38.9 Å². The molecule has 0 bridgehead atoms. The number of fused-ring (bicyclic) bond motifs is 17. The van der Waals surface area contributed by atoms with E-state index in [1.54, 1.807) is 78.9 Å². The average Bonchev–Trinajstić information content (AvgIpc) is 1.61. The first-order valence-corrected chi connectivity index (χ1v) is 40.9. The quantitative estimate of drug-likeness (QED) is 0.0439. The average molecular weight is 1770 g/mol. The molecule has 1 aliphatic rings. The lowest BCUT2D eigenvalue weighted by Crippen LogP contribution is -2.41. The first kappa shape index (κ1) is 84.4. The number of imidazole rings is 3. The van der Waals surface area contributed by atoms with Gasteiger partial charge in [0.2, 0.25) is 0 Å². The van der Waals surface area contributed by atoms with Crippen molar-refractivity contribution in [2.75, 3.05) is 11.5 Å². The van der Waals surface area contributed by atoms with Gasteiger partial charge in [0, 0.05) is 94.5 Å². The molecule has 0 saturated carbocycles. The molecule has 590 valence electrons. The van der Waals surface area contributed by atoms with Crippen LogP contribution in [0.4, 0.5) is 11.4 Å². The molecule has 1 saturated heterocycles. The highest BCUT2D eigenvalue weighted by atomic mass is 79.9. The summed E-state index contributed by atoms with van der Waals surface area (Å²) in [5, 5.41) is 28.5. The van der Waals surface area contributed by atoms with Gasteiger partial charge >= 0.3 is 14.2 Å². The van der Waals surface area contributed by atoms with Gasteiger partial charge in [-0.15, -0.1) is 0 Å². The standard InChI is InChI=1S/C25H23BN2O2.C19H12Cl2N2.C19H11ClN2.C13H8Cl2O.C7H4BrClO.C6H6BClO2.C6H8N2/c1-24(2)25(3,4)30-26(29-24)16-13-14-17-18-9-5-7-11-21(18)28-22-12-8-6-10-20(22)27-23(28)19(17)15-16;20-12-9-10-13(14-5-1-2-6-16(14)21)15(11-12)19-22-17-7-3-4-8-18(17)23-19;20-12-9-10-13-14-5-1-3-7-17(14)22-18-8-4-2-6-16(18)21-19(22)15(13)11-12;14-10-5-6-11(9(7-10)8-16)12-3-1-2-4-13(12)15;8-7-2-1-6(9)3-5(7)4-10;8-6-4-2-1-3-5(6)7(9)10;7-5-3-1-2-4-6(5)8/h5-15H,1-4H3;1-11H,(H,22,23);1-11H;1-8H;1-4H;1-4,9-10H;1-4H,7-8H2. The molecule has 0 aliphatic carbocycles. The molecule has 7 N–H and O–H groups in total. The molecule has 14 nitrogen and oxygen atoms in total. The van der Waals surface area contributed by atoms with E-state index in [0.29, 0.717) is 58.1 Å². The van der Waals surface area contributed by atoms with Crippen LogP contribution in [0.2, 0.25) is 35.2 Å². The summed E-state index contributed by atoms with van der Waals surface area (Å²) in [5.74, 6) is 0.781. The highest BCUT2D eigenvalue weighted by molar-refractivity contribution is 9.10. The number of carbonyl (C=O) groups is 2. The number of para-hydroxylation sites is 10. The Balaban J connectivity index is 0.000000119. The molecule has 0 radical (unpaired) electrons. The second-order valence-electron chi connectivity index (χ2n) is 28.5. The van der Waals surface area contributed by atoms with E-state index in [9.17, 15) is 9.59 Å². The molecule has 119 heavy (non-hydrogen) atoms. The second kappa shape index (κ2) is 37.0. The largest absolute Gasteiger partial charge is 0.494 e. The molecule has 0 unspecified atom stereocenters. The van der Waals surface area contributed by atoms with E-state index < -0.39 is 14.2 Å². The number of H-pyrrole nitrogens is 1. The molecule has 0 atom stereocenters. The molecule has 24 heteroatoms. The van der Waals surface area contributed by atoms with E-state index in [2.05, 4.69) is 159 Å². The summed E-state index contributed by atoms with van der Waals surface area (Å²) in [6.45, 7) is 8.34. The number of aromatic nitrogens is 6. The zero-order chi connectivity index (χ0) is 83.8. The number of rotatable bonds is 7. The topological polar surface area (TPSA) is 208 Å². The monoisotopic (exact) mass is 1770 g/mol. The predicted molar refractivity (Wildman–Crippen MR) is 502 cm³/mol. The summed E-state index contributed by atoms with van der Waals surface area (Å²) in [7, 11) is -1.87. The van der Waals surface area contributed by atoms with Crippen LogP contribution in [0.3, 0.4) is 0 Å². The number of halogens is 8. The Morgan fingerprint density at radius 2 is 0.815 bits per heavy atom. The third kappa shape index (κ3) is 18.5. The number of carbonyl (C=O) groups excluding carboxylic acids is 2. The lowest BCUT2D eigenvalue weighted by Gasteiger charge is -2.32. The van der Waals surface area contributed by atoms with Crippen molar-refractivity contribution < 1.29 is 28.9 Å². The highest BCUT2D eigenvalue weighted by Crippen LogP contribution is 2.41. The van der Waals surface area contributed by atoms with Gasteiger partial charge in [-0.3, -0.25) is 18.4 Å². The van der Waals surface area contributed by atoms with E-state index in [1.807, 2.05) is 133 Å². The number of hydrogen-bond donors (Lipinski definition) is 5. The fourth-order valence-corrected chi connectivity index (χ4v) is 15.6. The van der Waals surface area contributed by atoms with E-state index >= 15 is 0 Å².